The van der Waals surface area contributed by atoms with Gasteiger partial charge in [0, 0.05) is 15.6 Å². The first-order valence-corrected chi connectivity index (χ1v) is 11.7. The lowest BCUT2D eigenvalue weighted by Gasteiger charge is -2.32. The Morgan fingerprint density at radius 1 is 0.912 bits per heavy atom. The van der Waals surface area contributed by atoms with Gasteiger partial charge >= 0.3 is 5.91 Å². The molecule has 2 aliphatic rings. The number of hydrogen-bond donors (Lipinski definition) is 2. The van der Waals surface area contributed by atoms with E-state index in [9.17, 15) is 24.6 Å². The minimum atomic E-state index is -2.02. The highest BCUT2D eigenvalue weighted by Gasteiger charge is 2.66. The highest BCUT2D eigenvalue weighted by molar-refractivity contribution is 9.10. The molecule has 3 aromatic rings. The molecular weight excluding hydrogens is 520 g/mol. The van der Waals surface area contributed by atoms with E-state index in [1.54, 1.807) is 60.7 Å². The Labute approximate surface area is 206 Å². The zero-order chi connectivity index (χ0) is 24.0. The second-order valence-electron chi connectivity index (χ2n) is 7.52. The summed E-state index contributed by atoms with van der Waals surface area (Å²) in [5.74, 6) is -3.71. The van der Waals surface area contributed by atoms with E-state index in [2.05, 4.69) is 20.9 Å². The molecule has 34 heavy (non-hydrogen) atoms. The molecule has 2 N–H and O–H groups in total. The SMILES string of the molecule is O=C1C(=O)N(c2ccccc2O)C2(SC(c3ccccc3)=NC2=O)/C1=C(\O)c1ccc(Br)cc1. The van der Waals surface area contributed by atoms with Crippen LogP contribution in [0.5, 0.6) is 5.75 Å². The van der Waals surface area contributed by atoms with Crippen LogP contribution in [0.3, 0.4) is 0 Å². The lowest BCUT2D eigenvalue weighted by atomic mass is 9.99. The number of rotatable bonds is 3. The number of Topliss-reactive ketones (excluding diaryl/α,β-unsaturated/α-hetero) is 1. The van der Waals surface area contributed by atoms with Gasteiger partial charge in [0.1, 0.15) is 16.6 Å². The van der Waals surface area contributed by atoms with E-state index in [4.69, 9.17) is 0 Å². The van der Waals surface area contributed by atoms with Gasteiger partial charge in [-0.2, -0.15) is 0 Å². The van der Waals surface area contributed by atoms with Gasteiger partial charge in [0.05, 0.1) is 11.3 Å². The zero-order valence-corrected chi connectivity index (χ0v) is 19.7. The first-order valence-electron chi connectivity index (χ1n) is 10.1. The largest absolute Gasteiger partial charge is 0.507 e. The van der Waals surface area contributed by atoms with E-state index < -0.39 is 33.8 Å². The minimum absolute atomic E-state index is 0.0372. The van der Waals surface area contributed by atoms with E-state index in [0.717, 1.165) is 21.1 Å². The molecule has 5 rings (SSSR count). The van der Waals surface area contributed by atoms with Crippen LogP contribution in [-0.2, 0) is 14.4 Å². The molecule has 1 fully saturated rings. The van der Waals surface area contributed by atoms with Crippen molar-refractivity contribution in [1.82, 2.24) is 0 Å². The second-order valence-corrected chi connectivity index (χ2v) is 9.62. The number of carbonyl (C=O) groups excluding carboxylic acids is 3. The number of anilines is 1. The summed E-state index contributed by atoms with van der Waals surface area (Å²) in [6.07, 6.45) is 0. The third-order valence-electron chi connectivity index (χ3n) is 5.51. The summed E-state index contributed by atoms with van der Waals surface area (Å²) in [6, 6.07) is 21.2. The molecule has 0 bridgehead atoms. The number of halogens is 1. The number of ketones is 1. The molecule has 1 atom stereocenters. The predicted molar refractivity (Wildman–Crippen MR) is 133 cm³/mol. The fourth-order valence-electron chi connectivity index (χ4n) is 3.95. The molecule has 2 heterocycles. The number of phenolic OH excluding ortho intramolecular Hbond substituents is 1. The molecule has 0 aromatic heterocycles. The Bertz CT molecular complexity index is 1420. The highest BCUT2D eigenvalue weighted by Crippen LogP contribution is 2.53. The Hall–Kier alpha value is -3.69. The lowest BCUT2D eigenvalue weighted by molar-refractivity contribution is -0.132. The minimum Gasteiger partial charge on any atom is -0.507 e. The standard InChI is InChI=1S/C25H15BrN2O5S/c26-16-12-10-14(11-13-16)20(30)19-21(31)23(32)28(17-8-4-5-9-18(17)29)25(19)24(33)27-22(34-25)15-6-2-1-3-7-15/h1-13,29-30H/b20-19-. The maximum atomic E-state index is 13.6. The molecule has 168 valence electrons. The lowest BCUT2D eigenvalue weighted by Crippen LogP contribution is -2.48. The van der Waals surface area contributed by atoms with Crippen LogP contribution >= 0.6 is 27.7 Å². The number of para-hydroxylation sites is 2. The molecule has 0 radical (unpaired) electrons. The van der Waals surface area contributed by atoms with Crippen molar-refractivity contribution in [2.75, 3.05) is 4.90 Å². The van der Waals surface area contributed by atoms with Crippen LogP contribution in [0.2, 0.25) is 0 Å². The predicted octanol–water partition coefficient (Wildman–Crippen LogP) is 4.46. The van der Waals surface area contributed by atoms with Crippen molar-refractivity contribution in [3.8, 4) is 5.75 Å². The number of phenols is 1. The smallest absolute Gasteiger partial charge is 0.301 e. The van der Waals surface area contributed by atoms with Crippen molar-refractivity contribution in [2.24, 2.45) is 4.99 Å². The van der Waals surface area contributed by atoms with Gasteiger partial charge in [-0.05, 0) is 24.3 Å². The molecule has 0 aliphatic carbocycles. The zero-order valence-electron chi connectivity index (χ0n) is 17.3. The van der Waals surface area contributed by atoms with Crippen LogP contribution in [0.25, 0.3) is 5.76 Å². The fourth-order valence-corrected chi connectivity index (χ4v) is 5.57. The number of hydrogen-bond acceptors (Lipinski definition) is 6. The molecule has 1 spiro atoms. The van der Waals surface area contributed by atoms with E-state index >= 15 is 0 Å². The van der Waals surface area contributed by atoms with Crippen molar-refractivity contribution in [2.45, 2.75) is 4.87 Å². The molecule has 3 aromatic carbocycles. The topological polar surface area (TPSA) is 107 Å². The van der Waals surface area contributed by atoms with Gasteiger partial charge in [-0.15, -0.1) is 0 Å². The van der Waals surface area contributed by atoms with Crippen molar-refractivity contribution in [3.63, 3.8) is 0 Å². The summed E-state index contributed by atoms with van der Waals surface area (Å²) in [6.45, 7) is 0. The number of aliphatic imine (C=N–C) groups is 1. The summed E-state index contributed by atoms with van der Waals surface area (Å²) >= 11 is 4.20. The summed E-state index contributed by atoms with van der Waals surface area (Å²) < 4.78 is 0.745. The highest BCUT2D eigenvalue weighted by atomic mass is 79.9. The third-order valence-corrected chi connectivity index (χ3v) is 7.42. The van der Waals surface area contributed by atoms with Crippen molar-refractivity contribution in [3.05, 3.63) is 100 Å². The maximum absolute atomic E-state index is 13.6. The number of thioether (sulfide) groups is 1. The average Bonchev–Trinajstić information content (AvgIpc) is 3.29. The normalized spacial score (nSPS) is 21.4. The first kappa shape index (κ1) is 22.1. The van der Waals surface area contributed by atoms with Gasteiger partial charge < -0.3 is 10.2 Å². The Balaban J connectivity index is 1.77. The number of aliphatic hydroxyl groups is 1. The number of benzene rings is 3. The van der Waals surface area contributed by atoms with Gasteiger partial charge in [0.2, 0.25) is 4.87 Å². The van der Waals surface area contributed by atoms with E-state index in [0.29, 0.717) is 5.56 Å². The monoisotopic (exact) mass is 534 g/mol. The summed E-state index contributed by atoms with van der Waals surface area (Å²) in [5, 5.41) is 22.0. The molecule has 0 saturated carbocycles. The molecule has 1 unspecified atom stereocenters. The number of aliphatic hydroxyl groups excluding tert-OH is 1. The van der Waals surface area contributed by atoms with E-state index in [1.165, 1.54) is 12.1 Å². The van der Waals surface area contributed by atoms with Gasteiger partial charge in [0.15, 0.2) is 0 Å². The number of aromatic hydroxyl groups is 1. The van der Waals surface area contributed by atoms with E-state index in [-0.39, 0.29) is 22.0 Å². The van der Waals surface area contributed by atoms with Crippen LogP contribution in [0.15, 0.2) is 93.9 Å². The molecule has 1 saturated heterocycles. The first-order chi connectivity index (χ1) is 16.3. The Morgan fingerprint density at radius 3 is 2.24 bits per heavy atom. The van der Waals surface area contributed by atoms with Crippen LogP contribution in [0.1, 0.15) is 11.1 Å². The summed E-state index contributed by atoms with van der Waals surface area (Å²) in [4.78, 5) is 43.3. The summed E-state index contributed by atoms with van der Waals surface area (Å²) in [7, 11) is 0. The fraction of sp³-hybridized carbons (Fsp3) is 0.0400. The third kappa shape index (κ3) is 3.27. The summed E-state index contributed by atoms with van der Waals surface area (Å²) in [5.41, 5.74) is 0.432. The van der Waals surface area contributed by atoms with Crippen LogP contribution in [0, 0.1) is 0 Å². The Morgan fingerprint density at radius 2 is 1.56 bits per heavy atom. The second kappa shape index (κ2) is 8.27. The number of carbonyl (C=O) groups is 3. The van der Waals surface area contributed by atoms with Gasteiger partial charge in [-0.3, -0.25) is 19.3 Å². The number of amides is 2. The maximum Gasteiger partial charge on any atom is 0.301 e. The van der Waals surface area contributed by atoms with Crippen LogP contribution in [-0.4, -0.2) is 37.7 Å². The molecule has 2 aliphatic heterocycles. The van der Waals surface area contributed by atoms with Crippen LogP contribution < -0.4 is 4.90 Å². The molecule has 2 amide bonds. The van der Waals surface area contributed by atoms with Gasteiger partial charge in [0.25, 0.3) is 11.7 Å². The number of nitrogens with zero attached hydrogens (tertiary/aromatic N) is 2. The van der Waals surface area contributed by atoms with E-state index in [1.807, 2.05) is 6.07 Å². The van der Waals surface area contributed by atoms with Gasteiger partial charge in [-0.1, -0.05) is 82.3 Å². The average molecular weight is 535 g/mol. The van der Waals surface area contributed by atoms with Gasteiger partial charge in [-0.25, -0.2) is 4.99 Å². The molecular formula is C25H15BrN2O5S. The van der Waals surface area contributed by atoms with Crippen molar-refractivity contribution >= 4 is 61.8 Å². The van der Waals surface area contributed by atoms with Crippen LogP contribution in [0.4, 0.5) is 5.69 Å². The van der Waals surface area contributed by atoms with Crippen molar-refractivity contribution in [1.29, 1.82) is 0 Å². The molecule has 9 heteroatoms. The Kier molecular flexibility index (Phi) is 5.38. The molecule has 7 nitrogen and oxygen atoms in total. The van der Waals surface area contributed by atoms with Crippen molar-refractivity contribution < 1.29 is 24.6 Å². The quantitative estimate of drug-likeness (QED) is 0.292.